The van der Waals surface area contributed by atoms with Crippen molar-refractivity contribution in [2.45, 2.75) is 88.4 Å². The molecule has 0 unspecified atom stereocenters. The number of aliphatic hydroxyl groups excluding tert-OH is 1. The van der Waals surface area contributed by atoms with Crippen LogP contribution in [0.5, 0.6) is 11.5 Å². The Balaban J connectivity index is 1.42. The highest BCUT2D eigenvalue weighted by Gasteiger charge is 2.41. The lowest BCUT2D eigenvalue weighted by molar-refractivity contribution is -0.140. The van der Waals surface area contributed by atoms with Crippen LogP contribution < -0.4 is 9.47 Å². The van der Waals surface area contributed by atoms with Gasteiger partial charge in [0.2, 0.25) is 5.91 Å². The number of unbranched alkanes of at least 4 members (excludes halogenated alkanes) is 7. The standard InChI is InChI=1S/C39H51NO7/c1-44-35-23-19-31(20-24-35)39(30-15-11-10-12-16-30,32-21-25-36(45-2)26-22-32)47-29-33-27-34(41)28-40(33)37(42)17-13-8-6-4-5-7-9-14-18-38(43)46-3/h10-12,15-16,19-26,33-34,41H,4-9,13-14,17-18,27-29H2,1-3H3/t33-,34+/m0/s1. The fraction of sp³-hybridized carbons (Fsp3) is 0.487. The van der Waals surface area contributed by atoms with Gasteiger partial charge in [0.15, 0.2) is 0 Å². The van der Waals surface area contributed by atoms with E-state index in [1.807, 2.05) is 71.6 Å². The third kappa shape index (κ3) is 9.81. The molecule has 1 aliphatic heterocycles. The monoisotopic (exact) mass is 645 g/mol. The molecule has 0 radical (unpaired) electrons. The van der Waals surface area contributed by atoms with Gasteiger partial charge in [-0.1, -0.05) is 93.1 Å². The molecule has 254 valence electrons. The molecule has 1 saturated heterocycles. The summed E-state index contributed by atoms with van der Waals surface area (Å²) in [6.45, 7) is 0.577. The van der Waals surface area contributed by atoms with Gasteiger partial charge in [0.05, 0.1) is 40.1 Å². The number of benzene rings is 3. The zero-order valence-electron chi connectivity index (χ0n) is 28.2. The summed E-state index contributed by atoms with van der Waals surface area (Å²) in [5.41, 5.74) is 1.82. The highest BCUT2D eigenvalue weighted by atomic mass is 16.5. The van der Waals surface area contributed by atoms with Crippen LogP contribution in [0, 0.1) is 0 Å². The van der Waals surface area contributed by atoms with Crippen LogP contribution in [0.15, 0.2) is 78.9 Å². The highest BCUT2D eigenvalue weighted by Crippen LogP contribution is 2.42. The maximum atomic E-state index is 13.5. The van der Waals surface area contributed by atoms with Gasteiger partial charge in [0, 0.05) is 19.4 Å². The molecule has 3 aromatic rings. The van der Waals surface area contributed by atoms with E-state index in [0.29, 0.717) is 25.8 Å². The van der Waals surface area contributed by atoms with Crippen molar-refractivity contribution >= 4 is 11.9 Å². The molecule has 1 N–H and O–H groups in total. The predicted octanol–water partition coefficient (Wildman–Crippen LogP) is 7.05. The van der Waals surface area contributed by atoms with Gasteiger partial charge in [-0.25, -0.2) is 0 Å². The molecule has 4 rings (SSSR count). The fourth-order valence-electron chi connectivity index (χ4n) is 6.50. The summed E-state index contributed by atoms with van der Waals surface area (Å²) in [6.07, 6.45) is 9.04. The number of nitrogens with zero attached hydrogens (tertiary/aromatic N) is 1. The van der Waals surface area contributed by atoms with Crippen LogP contribution in [0.25, 0.3) is 0 Å². The van der Waals surface area contributed by atoms with Crippen molar-refractivity contribution in [3.8, 4) is 11.5 Å². The average Bonchev–Trinajstić information content (AvgIpc) is 3.50. The van der Waals surface area contributed by atoms with Gasteiger partial charge in [0.25, 0.3) is 0 Å². The zero-order chi connectivity index (χ0) is 33.5. The summed E-state index contributed by atoms with van der Waals surface area (Å²) in [5.74, 6) is 1.42. The number of methoxy groups -OCH3 is 3. The van der Waals surface area contributed by atoms with E-state index in [2.05, 4.69) is 16.9 Å². The lowest BCUT2D eigenvalue weighted by Gasteiger charge is -2.38. The molecule has 0 aromatic heterocycles. The van der Waals surface area contributed by atoms with Crippen molar-refractivity contribution < 1.29 is 33.6 Å². The van der Waals surface area contributed by atoms with Gasteiger partial charge in [-0.2, -0.15) is 0 Å². The van der Waals surface area contributed by atoms with E-state index in [1.165, 1.54) is 7.11 Å². The minimum absolute atomic E-state index is 0.0668. The van der Waals surface area contributed by atoms with Gasteiger partial charge in [-0.15, -0.1) is 0 Å². The number of hydrogen-bond donors (Lipinski definition) is 1. The molecule has 3 aromatic carbocycles. The van der Waals surface area contributed by atoms with E-state index in [4.69, 9.17) is 14.2 Å². The molecule has 8 nitrogen and oxygen atoms in total. The van der Waals surface area contributed by atoms with Crippen molar-refractivity contribution in [2.75, 3.05) is 34.5 Å². The number of hydrogen-bond acceptors (Lipinski definition) is 7. The third-order valence-electron chi connectivity index (χ3n) is 9.13. The second-order valence-corrected chi connectivity index (χ2v) is 12.3. The molecule has 1 fully saturated rings. The smallest absolute Gasteiger partial charge is 0.305 e. The predicted molar refractivity (Wildman–Crippen MR) is 183 cm³/mol. The first-order valence-corrected chi connectivity index (χ1v) is 16.9. The van der Waals surface area contributed by atoms with Gasteiger partial charge in [-0.3, -0.25) is 9.59 Å². The van der Waals surface area contributed by atoms with E-state index >= 15 is 0 Å². The van der Waals surface area contributed by atoms with Gasteiger partial charge >= 0.3 is 5.97 Å². The Hall–Kier alpha value is -3.88. The minimum Gasteiger partial charge on any atom is -0.497 e. The number of amides is 1. The molecule has 0 bridgehead atoms. The van der Waals surface area contributed by atoms with Crippen molar-refractivity contribution in [3.05, 3.63) is 95.6 Å². The van der Waals surface area contributed by atoms with E-state index < -0.39 is 11.7 Å². The van der Waals surface area contributed by atoms with Crippen molar-refractivity contribution in [1.29, 1.82) is 0 Å². The van der Waals surface area contributed by atoms with Crippen LogP contribution in [-0.4, -0.2) is 68.5 Å². The summed E-state index contributed by atoms with van der Waals surface area (Å²) in [7, 11) is 4.72. The van der Waals surface area contributed by atoms with E-state index in [0.717, 1.165) is 79.6 Å². The second kappa shape index (κ2) is 18.5. The molecular formula is C39H51NO7. The van der Waals surface area contributed by atoms with E-state index in [9.17, 15) is 14.7 Å². The summed E-state index contributed by atoms with van der Waals surface area (Å²) < 4.78 is 22.7. The van der Waals surface area contributed by atoms with Gasteiger partial charge < -0.3 is 29.0 Å². The Labute approximate surface area is 280 Å². The Kier molecular flexibility index (Phi) is 14.1. The number of carbonyl (C=O) groups is 2. The Morgan fingerprint density at radius 2 is 1.19 bits per heavy atom. The lowest BCUT2D eigenvalue weighted by atomic mass is 9.80. The SMILES string of the molecule is COC(=O)CCCCCCCCCCC(=O)N1C[C@H](O)C[C@H]1COC(c1ccccc1)(c1ccc(OC)cc1)c1ccc(OC)cc1. The number of rotatable bonds is 19. The molecule has 1 amide bonds. The molecule has 47 heavy (non-hydrogen) atoms. The van der Waals surface area contributed by atoms with Crippen LogP contribution in [0.1, 0.15) is 87.3 Å². The number of ether oxygens (including phenoxy) is 4. The van der Waals surface area contributed by atoms with Gasteiger partial charge in [0.1, 0.15) is 17.1 Å². The normalized spacial score (nSPS) is 16.2. The van der Waals surface area contributed by atoms with E-state index in [1.54, 1.807) is 14.2 Å². The minimum atomic E-state index is -0.985. The lowest BCUT2D eigenvalue weighted by Crippen LogP contribution is -2.42. The number of likely N-dealkylation sites (tertiary alicyclic amines) is 1. The molecule has 8 heteroatoms. The summed E-state index contributed by atoms with van der Waals surface area (Å²) >= 11 is 0. The quantitative estimate of drug-likeness (QED) is 0.0849. The first-order valence-electron chi connectivity index (χ1n) is 16.9. The summed E-state index contributed by atoms with van der Waals surface area (Å²) in [4.78, 5) is 26.5. The summed E-state index contributed by atoms with van der Waals surface area (Å²) in [6, 6.07) is 25.7. The van der Waals surface area contributed by atoms with Crippen LogP contribution in [-0.2, 0) is 24.7 Å². The molecule has 0 saturated carbocycles. The third-order valence-corrected chi connectivity index (χ3v) is 9.13. The molecule has 2 atom stereocenters. The highest BCUT2D eigenvalue weighted by molar-refractivity contribution is 5.77. The zero-order valence-corrected chi connectivity index (χ0v) is 28.2. The van der Waals surface area contributed by atoms with Crippen LogP contribution in [0.3, 0.4) is 0 Å². The Bertz CT molecular complexity index is 1310. The van der Waals surface area contributed by atoms with Gasteiger partial charge in [-0.05, 0) is 60.2 Å². The summed E-state index contributed by atoms with van der Waals surface area (Å²) in [5, 5.41) is 10.7. The number of carbonyl (C=O) groups excluding carboxylic acids is 2. The average molecular weight is 646 g/mol. The maximum absolute atomic E-state index is 13.5. The van der Waals surface area contributed by atoms with Crippen molar-refractivity contribution in [2.24, 2.45) is 0 Å². The second-order valence-electron chi connectivity index (χ2n) is 12.3. The topological polar surface area (TPSA) is 94.5 Å². The first-order chi connectivity index (χ1) is 22.9. The molecule has 0 spiro atoms. The molecular weight excluding hydrogens is 594 g/mol. The van der Waals surface area contributed by atoms with Crippen LogP contribution in [0.2, 0.25) is 0 Å². The number of β-amino-alcohol motifs (C(OH)–C–C–N with tert-alkyl or cyclic N) is 1. The molecule has 1 aliphatic rings. The number of esters is 1. The van der Waals surface area contributed by atoms with Crippen molar-refractivity contribution in [1.82, 2.24) is 4.90 Å². The first kappa shape index (κ1) is 36.0. The molecule has 1 heterocycles. The van der Waals surface area contributed by atoms with Crippen LogP contribution >= 0.6 is 0 Å². The molecule has 0 aliphatic carbocycles. The Morgan fingerprint density at radius 1 is 0.702 bits per heavy atom. The fourth-order valence-corrected chi connectivity index (χ4v) is 6.50. The van der Waals surface area contributed by atoms with E-state index in [-0.39, 0.29) is 24.5 Å². The van der Waals surface area contributed by atoms with Crippen molar-refractivity contribution in [3.63, 3.8) is 0 Å². The maximum Gasteiger partial charge on any atom is 0.305 e. The largest absolute Gasteiger partial charge is 0.497 e. The Morgan fingerprint density at radius 3 is 1.70 bits per heavy atom. The number of aliphatic hydroxyl groups is 1. The van der Waals surface area contributed by atoms with Crippen LogP contribution in [0.4, 0.5) is 0 Å².